The number of amides is 1. The van der Waals surface area contributed by atoms with E-state index in [0.29, 0.717) is 24.7 Å². The van der Waals surface area contributed by atoms with Crippen LogP contribution in [-0.4, -0.2) is 25.0 Å². The minimum atomic E-state index is -1.56. The fraction of sp³-hybridized carbons (Fsp3) is 0.462. The molecule has 1 amide bonds. The summed E-state index contributed by atoms with van der Waals surface area (Å²) in [5, 5.41) is 5.84. The predicted molar refractivity (Wildman–Crippen MR) is 64.3 cm³/mol. The van der Waals surface area contributed by atoms with E-state index < -0.39 is 23.4 Å². The van der Waals surface area contributed by atoms with Crippen molar-refractivity contribution in [1.82, 2.24) is 10.6 Å². The zero-order valence-electron chi connectivity index (χ0n) is 10.3. The van der Waals surface area contributed by atoms with Gasteiger partial charge < -0.3 is 10.6 Å². The van der Waals surface area contributed by atoms with Crippen molar-refractivity contribution in [2.75, 3.05) is 13.1 Å². The Morgan fingerprint density at radius 1 is 1.32 bits per heavy atom. The van der Waals surface area contributed by atoms with Crippen LogP contribution in [0.5, 0.6) is 0 Å². The van der Waals surface area contributed by atoms with Crippen LogP contribution in [0.2, 0.25) is 0 Å². The van der Waals surface area contributed by atoms with E-state index in [1.807, 2.05) is 0 Å². The number of nitrogens with one attached hydrogen (secondary N) is 2. The zero-order chi connectivity index (χ0) is 13.8. The fourth-order valence-electron chi connectivity index (χ4n) is 2.15. The molecule has 2 rings (SSSR count). The van der Waals surface area contributed by atoms with Gasteiger partial charge >= 0.3 is 0 Å². The molecule has 1 aromatic carbocycles. The third-order valence-electron chi connectivity index (χ3n) is 3.19. The lowest BCUT2D eigenvalue weighted by molar-refractivity contribution is 0.0951. The highest BCUT2D eigenvalue weighted by Gasteiger charge is 2.16. The quantitative estimate of drug-likeness (QED) is 0.823. The molecule has 0 aromatic heterocycles. The summed E-state index contributed by atoms with van der Waals surface area (Å²) in [7, 11) is 0. The molecule has 0 radical (unpaired) electrons. The lowest BCUT2D eigenvalue weighted by atomic mass is 10.1. The maximum atomic E-state index is 13.0. The van der Waals surface area contributed by atoms with E-state index >= 15 is 0 Å². The monoisotopic (exact) mass is 272 g/mol. The second kappa shape index (κ2) is 6.06. The van der Waals surface area contributed by atoms with Gasteiger partial charge in [0.05, 0.1) is 0 Å². The largest absolute Gasteiger partial charge is 0.352 e. The van der Waals surface area contributed by atoms with Gasteiger partial charge in [-0.1, -0.05) is 0 Å². The van der Waals surface area contributed by atoms with Crippen LogP contribution >= 0.6 is 0 Å². The van der Waals surface area contributed by atoms with E-state index in [4.69, 9.17) is 0 Å². The molecule has 3 nitrogen and oxygen atoms in total. The summed E-state index contributed by atoms with van der Waals surface area (Å²) >= 11 is 0. The standard InChI is InChI=1S/C13H15F3N2O/c14-10-6-8(7-11(15)12(10)16)13(19)18-5-3-9-2-1-4-17-9/h6-7,9,17H,1-5H2,(H,18,19). The van der Waals surface area contributed by atoms with Gasteiger partial charge in [-0.15, -0.1) is 0 Å². The van der Waals surface area contributed by atoms with E-state index in [9.17, 15) is 18.0 Å². The van der Waals surface area contributed by atoms with Crippen LogP contribution < -0.4 is 10.6 Å². The van der Waals surface area contributed by atoms with Crippen LogP contribution in [0.25, 0.3) is 0 Å². The van der Waals surface area contributed by atoms with E-state index in [-0.39, 0.29) is 5.56 Å². The maximum Gasteiger partial charge on any atom is 0.251 e. The van der Waals surface area contributed by atoms with Crippen molar-refractivity contribution >= 4 is 5.91 Å². The third kappa shape index (κ3) is 3.47. The second-order valence-corrected chi connectivity index (χ2v) is 4.59. The van der Waals surface area contributed by atoms with Gasteiger partial charge in [-0.3, -0.25) is 4.79 Å². The number of rotatable bonds is 4. The van der Waals surface area contributed by atoms with E-state index in [2.05, 4.69) is 10.6 Å². The van der Waals surface area contributed by atoms with Crippen molar-refractivity contribution < 1.29 is 18.0 Å². The molecule has 104 valence electrons. The predicted octanol–water partition coefficient (Wildman–Crippen LogP) is 1.98. The lowest BCUT2D eigenvalue weighted by Crippen LogP contribution is -2.30. The van der Waals surface area contributed by atoms with E-state index in [0.717, 1.165) is 25.8 Å². The summed E-state index contributed by atoms with van der Waals surface area (Å²) in [5.74, 6) is -4.88. The van der Waals surface area contributed by atoms with Gasteiger partial charge in [0.2, 0.25) is 0 Å². The summed E-state index contributed by atoms with van der Waals surface area (Å²) in [5.41, 5.74) is -0.212. The molecule has 2 N–H and O–H groups in total. The molecule has 0 aliphatic carbocycles. The molecule has 1 unspecified atom stereocenters. The van der Waals surface area contributed by atoms with Crippen LogP contribution in [0.3, 0.4) is 0 Å². The molecule has 0 saturated carbocycles. The first-order valence-corrected chi connectivity index (χ1v) is 6.24. The Hall–Kier alpha value is -1.56. The van der Waals surface area contributed by atoms with Crippen LogP contribution in [0.1, 0.15) is 29.6 Å². The van der Waals surface area contributed by atoms with Crippen LogP contribution in [0.15, 0.2) is 12.1 Å². The topological polar surface area (TPSA) is 41.1 Å². The van der Waals surface area contributed by atoms with Gasteiger partial charge in [0.15, 0.2) is 17.5 Å². The first-order chi connectivity index (χ1) is 9.08. The number of carbonyl (C=O) groups is 1. The highest BCUT2D eigenvalue weighted by molar-refractivity contribution is 5.94. The van der Waals surface area contributed by atoms with Crippen molar-refractivity contribution in [3.05, 3.63) is 35.1 Å². The highest BCUT2D eigenvalue weighted by atomic mass is 19.2. The summed E-state index contributed by atoms with van der Waals surface area (Å²) in [6, 6.07) is 1.77. The van der Waals surface area contributed by atoms with Gasteiger partial charge in [-0.05, 0) is 37.9 Å². The fourth-order valence-corrected chi connectivity index (χ4v) is 2.15. The molecule has 1 saturated heterocycles. The first-order valence-electron chi connectivity index (χ1n) is 6.24. The van der Waals surface area contributed by atoms with Gasteiger partial charge in [-0.2, -0.15) is 0 Å². The van der Waals surface area contributed by atoms with E-state index in [1.165, 1.54) is 0 Å². The summed E-state index contributed by atoms with van der Waals surface area (Å²) in [6.07, 6.45) is 2.95. The molecule has 1 aliphatic rings. The molecule has 1 aliphatic heterocycles. The summed E-state index contributed by atoms with van der Waals surface area (Å²) < 4.78 is 38.7. The molecule has 1 fully saturated rings. The molecule has 19 heavy (non-hydrogen) atoms. The average Bonchev–Trinajstić information content (AvgIpc) is 2.88. The third-order valence-corrected chi connectivity index (χ3v) is 3.19. The second-order valence-electron chi connectivity index (χ2n) is 4.59. The van der Waals surface area contributed by atoms with Crippen molar-refractivity contribution in [2.45, 2.75) is 25.3 Å². The Balaban J connectivity index is 1.88. The lowest BCUT2D eigenvalue weighted by Gasteiger charge is -2.11. The Bertz CT molecular complexity index is 450. The van der Waals surface area contributed by atoms with Crippen LogP contribution in [-0.2, 0) is 0 Å². The van der Waals surface area contributed by atoms with Crippen LogP contribution in [0, 0.1) is 17.5 Å². The molecule has 1 heterocycles. The molecule has 0 bridgehead atoms. The number of hydrogen-bond acceptors (Lipinski definition) is 2. The minimum absolute atomic E-state index is 0.212. The Morgan fingerprint density at radius 2 is 2.00 bits per heavy atom. The summed E-state index contributed by atoms with van der Waals surface area (Å²) in [6.45, 7) is 1.39. The molecule has 6 heteroatoms. The van der Waals surface area contributed by atoms with Crippen molar-refractivity contribution in [3.8, 4) is 0 Å². The van der Waals surface area contributed by atoms with Crippen molar-refractivity contribution in [3.63, 3.8) is 0 Å². The number of hydrogen-bond donors (Lipinski definition) is 2. The molecule has 0 spiro atoms. The van der Waals surface area contributed by atoms with Gasteiger partial charge in [0, 0.05) is 18.2 Å². The summed E-state index contributed by atoms with van der Waals surface area (Å²) in [4.78, 5) is 11.6. The highest BCUT2D eigenvalue weighted by Crippen LogP contribution is 2.13. The van der Waals surface area contributed by atoms with Gasteiger partial charge in [0.25, 0.3) is 5.91 Å². The SMILES string of the molecule is O=C(NCCC1CCCN1)c1cc(F)c(F)c(F)c1. The first kappa shape index (κ1) is 13.9. The zero-order valence-corrected chi connectivity index (χ0v) is 10.3. The number of halogens is 3. The minimum Gasteiger partial charge on any atom is -0.352 e. The van der Waals surface area contributed by atoms with Crippen molar-refractivity contribution in [1.29, 1.82) is 0 Å². The Labute approximate surface area is 109 Å². The Kier molecular flexibility index (Phi) is 4.42. The molecule has 1 aromatic rings. The number of carbonyl (C=O) groups excluding carboxylic acids is 1. The molecular formula is C13H15F3N2O. The average molecular weight is 272 g/mol. The van der Waals surface area contributed by atoms with Gasteiger partial charge in [0.1, 0.15) is 0 Å². The maximum absolute atomic E-state index is 13.0. The van der Waals surface area contributed by atoms with Crippen molar-refractivity contribution in [2.24, 2.45) is 0 Å². The number of benzene rings is 1. The molecular weight excluding hydrogens is 257 g/mol. The van der Waals surface area contributed by atoms with E-state index in [1.54, 1.807) is 0 Å². The van der Waals surface area contributed by atoms with Gasteiger partial charge in [-0.25, -0.2) is 13.2 Å². The Morgan fingerprint density at radius 3 is 2.58 bits per heavy atom. The normalized spacial score (nSPS) is 18.6. The smallest absolute Gasteiger partial charge is 0.251 e. The van der Waals surface area contributed by atoms with Crippen LogP contribution in [0.4, 0.5) is 13.2 Å². The molecule has 1 atom stereocenters.